The number of benzene rings is 2. The molecule has 0 amide bonds. The van der Waals surface area contributed by atoms with Crippen molar-refractivity contribution in [1.29, 1.82) is 0 Å². The van der Waals surface area contributed by atoms with Crippen LogP contribution < -0.4 is 15.0 Å². The van der Waals surface area contributed by atoms with Crippen LogP contribution in [0.15, 0.2) is 67.0 Å². The number of nitrogens with zero attached hydrogens (tertiary/aromatic N) is 5. The van der Waals surface area contributed by atoms with Crippen molar-refractivity contribution < 1.29 is 19.7 Å². The molecule has 10 nitrogen and oxygen atoms in total. The molecule has 5 aromatic rings. The molecule has 2 aromatic carbocycles. The topological polar surface area (TPSA) is 117 Å². The molecule has 1 unspecified atom stereocenters. The molecule has 194 valence electrons. The van der Waals surface area contributed by atoms with E-state index in [0.29, 0.717) is 29.1 Å². The summed E-state index contributed by atoms with van der Waals surface area (Å²) in [6.45, 7) is 0.584. The highest BCUT2D eigenvalue weighted by Crippen LogP contribution is 2.30. The molecule has 3 N–H and O–H groups in total. The molecule has 3 aromatic heterocycles. The molecule has 1 aliphatic carbocycles. The van der Waals surface area contributed by atoms with E-state index in [1.807, 2.05) is 55.6 Å². The monoisotopic (exact) mass is 512 g/mol. The van der Waals surface area contributed by atoms with Crippen molar-refractivity contribution in [2.75, 3.05) is 19.1 Å². The number of carboxylic acids is 1. The highest BCUT2D eigenvalue weighted by Gasteiger charge is 2.27. The predicted molar refractivity (Wildman–Crippen MR) is 143 cm³/mol. The molecular weight excluding hydrogens is 484 g/mol. The average molecular weight is 513 g/mol. The van der Waals surface area contributed by atoms with E-state index in [-0.39, 0.29) is 11.6 Å². The van der Waals surface area contributed by atoms with E-state index in [9.17, 15) is 15.0 Å². The number of aliphatic hydroxyl groups is 1. The minimum Gasteiger partial charge on any atom is -0.497 e. The molecule has 0 radical (unpaired) electrons. The second-order valence-corrected chi connectivity index (χ2v) is 9.59. The van der Waals surface area contributed by atoms with Gasteiger partial charge in [-0.2, -0.15) is 0 Å². The Morgan fingerprint density at radius 3 is 2.68 bits per heavy atom. The largest absolute Gasteiger partial charge is 0.497 e. The van der Waals surface area contributed by atoms with Crippen molar-refractivity contribution in [3.05, 3.63) is 83.8 Å². The van der Waals surface area contributed by atoms with Gasteiger partial charge in [0.25, 0.3) is 0 Å². The predicted octanol–water partition coefficient (Wildman–Crippen LogP) is 3.76. The van der Waals surface area contributed by atoms with E-state index < -0.39 is 12.2 Å². The first-order valence-electron chi connectivity index (χ1n) is 12.4. The van der Waals surface area contributed by atoms with Gasteiger partial charge < -0.3 is 19.8 Å². The van der Waals surface area contributed by atoms with Gasteiger partial charge in [0.15, 0.2) is 11.5 Å². The first-order valence-corrected chi connectivity index (χ1v) is 12.4. The number of nitrogens with one attached hydrogen (secondary N) is 1. The molecule has 1 atom stereocenters. The molecule has 38 heavy (non-hydrogen) atoms. The number of anilines is 1. The quantitative estimate of drug-likeness (QED) is 0.256. The number of ether oxygens (including phenoxy) is 1. The zero-order chi connectivity index (χ0) is 26.4. The highest BCUT2D eigenvalue weighted by atomic mass is 16.5. The first-order chi connectivity index (χ1) is 18.4. The Bertz CT molecular complexity index is 1640. The maximum absolute atomic E-state index is 12.0. The van der Waals surface area contributed by atoms with Crippen LogP contribution in [0, 0.1) is 0 Å². The van der Waals surface area contributed by atoms with Crippen LogP contribution in [0.4, 0.5) is 5.69 Å². The molecule has 6 rings (SSSR count). The fourth-order valence-corrected chi connectivity index (χ4v) is 4.73. The number of fused-ring (bicyclic) bond motifs is 2. The van der Waals surface area contributed by atoms with Crippen molar-refractivity contribution in [1.82, 2.24) is 24.5 Å². The lowest BCUT2D eigenvalue weighted by Gasteiger charge is -2.22. The number of para-hydroxylation sites is 1. The molecule has 0 bridgehead atoms. The van der Waals surface area contributed by atoms with Crippen LogP contribution in [0.1, 0.15) is 40.7 Å². The van der Waals surface area contributed by atoms with E-state index in [1.165, 1.54) is 0 Å². The zero-order valence-corrected chi connectivity index (χ0v) is 21.1. The fourth-order valence-electron chi connectivity index (χ4n) is 4.73. The summed E-state index contributed by atoms with van der Waals surface area (Å²) >= 11 is 0. The second kappa shape index (κ2) is 9.47. The number of aromatic nitrogens is 4. The molecule has 1 fully saturated rings. The van der Waals surface area contributed by atoms with Gasteiger partial charge in [0.2, 0.25) is 0 Å². The van der Waals surface area contributed by atoms with Gasteiger partial charge in [0.1, 0.15) is 17.7 Å². The van der Waals surface area contributed by atoms with E-state index in [1.54, 1.807) is 34.7 Å². The Morgan fingerprint density at radius 1 is 1.21 bits per heavy atom. The van der Waals surface area contributed by atoms with Gasteiger partial charge in [0.05, 0.1) is 30.1 Å². The number of hydrogen-bond acceptors (Lipinski definition) is 7. The van der Waals surface area contributed by atoms with Gasteiger partial charge in [-0.3, -0.25) is 9.88 Å². The molecule has 0 spiro atoms. The molecular formula is C28H28N6O4. The Hall–Kier alpha value is -4.41. The molecule has 1 saturated carbocycles. The van der Waals surface area contributed by atoms with Crippen LogP contribution in [0.25, 0.3) is 22.4 Å². The van der Waals surface area contributed by atoms with Crippen molar-refractivity contribution in [2.45, 2.75) is 31.7 Å². The van der Waals surface area contributed by atoms with Gasteiger partial charge in [-0.1, -0.05) is 30.3 Å². The smallest absolute Gasteiger partial charge is 0.337 e. The first kappa shape index (κ1) is 24.0. The third kappa shape index (κ3) is 4.33. The lowest BCUT2D eigenvalue weighted by Crippen LogP contribution is -2.25. The fraction of sp³-hybridized carbons (Fsp3) is 0.250. The minimum absolute atomic E-state index is 0.192. The van der Waals surface area contributed by atoms with Gasteiger partial charge in [-0.25, -0.2) is 14.3 Å². The second-order valence-electron chi connectivity index (χ2n) is 9.59. The molecule has 1 aliphatic rings. The number of carbonyl (C=O) groups is 1. The number of hydrogen-bond donors (Lipinski definition) is 3. The third-order valence-electron chi connectivity index (χ3n) is 6.89. The third-order valence-corrected chi connectivity index (χ3v) is 6.89. The Labute approximate surface area is 218 Å². The SMILES string of the molecule is COc1ccc(CN(C)c2cc(-n3cc(C(=O)O)c4ccccc43)nn3c(C(O)NC4CC4)cnc23)cc1. The Kier molecular flexibility index (Phi) is 5.97. The van der Waals surface area contributed by atoms with Gasteiger partial charge >= 0.3 is 5.97 Å². The summed E-state index contributed by atoms with van der Waals surface area (Å²) in [6, 6.07) is 17.4. The maximum Gasteiger partial charge on any atom is 0.337 e. The summed E-state index contributed by atoms with van der Waals surface area (Å²) in [6.07, 6.45) is 4.33. The summed E-state index contributed by atoms with van der Waals surface area (Å²) < 4.78 is 8.70. The zero-order valence-electron chi connectivity index (χ0n) is 21.1. The van der Waals surface area contributed by atoms with E-state index >= 15 is 0 Å². The van der Waals surface area contributed by atoms with Crippen LogP contribution in [0.5, 0.6) is 5.75 Å². The van der Waals surface area contributed by atoms with Gasteiger partial charge in [-0.15, -0.1) is 5.10 Å². The Balaban J connectivity index is 1.49. The minimum atomic E-state index is -1.01. The van der Waals surface area contributed by atoms with Crippen LogP contribution in [-0.4, -0.2) is 55.5 Å². The summed E-state index contributed by atoms with van der Waals surface area (Å²) in [4.78, 5) is 18.7. The summed E-state index contributed by atoms with van der Waals surface area (Å²) in [5, 5.41) is 29.4. The van der Waals surface area contributed by atoms with Crippen LogP contribution >= 0.6 is 0 Å². The molecule has 10 heteroatoms. The standard InChI is InChI=1S/C28H28N6O4/c1-32(15-17-7-11-19(38-2)12-8-17)23-13-25(33-16-21(28(36)37)20-5-3-4-6-22(20)33)31-34-24(14-29-26(23)34)27(35)30-18-9-10-18/h3-8,11-14,16,18,27,30,35H,9-10,15H2,1-2H3,(H,36,37). The highest BCUT2D eigenvalue weighted by molar-refractivity contribution is 6.04. The summed E-state index contributed by atoms with van der Waals surface area (Å²) in [5.74, 6) is 0.287. The summed E-state index contributed by atoms with van der Waals surface area (Å²) in [7, 11) is 3.60. The number of rotatable bonds is 9. The van der Waals surface area contributed by atoms with E-state index in [4.69, 9.17) is 9.84 Å². The maximum atomic E-state index is 12.0. The normalized spacial score (nSPS) is 14.2. The number of imidazole rings is 1. The molecule has 0 aliphatic heterocycles. The molecule has 3 heterocycles. The van der Waals surface area contributed by atoms with Crippen molar-refractivity contribution >= 4 is 28.2 Å². The number of carboxylic acid groups (broad SMARTS) is 1. The van der Waals surface area contributed by atoms with Crippen LogP contribution in [0.2, 0.25) is 0 Å². The van der Waals surface area contributed by atoms with Crippen LogP contribution in [0.3, 0.4) is 0 Å². The number of aliphatic hydroxyl groups excluding tert-OH is 1. The van der Waals surface area contributed by atoms with Gasteiger partial charge in [-0.05, 0) is 36.6 Å². The molecule has 0 saturated heterocycles. The van der Waals surface area contributed by atoms with Crippen molar-refractivity contribution in [2.24, 2.45) is 0 Å². The average Bonchev–Trinajstić information content (AvgIpc) is 3.49. The lowest BCUT2D eigenvalue weighted by atomic mass is 10.2. The van der Waals surface area contributed by atoms with E-state index in [2.05, 4.69) is 15.2 Å². The number of methoxy groups -OCH3 is 1. The van der Waals surface area contributed by atoms with E-state index in [0.717, 1.165) is 35.4 Å². The Morgan fingerprint density at radius 2 is 1.97 bits per heavy atom. The summed E-state index contributed by atoms with van der Waals surface area (Å²) in [5.41, 5.74) is 3.88. The number of aromatic carboxylic acids is 1. The van der Waals surface area contributed by atoms with Crippen LogP contribution in [-0.2, 0) is 6.54 Å². The van der Waals surface area contributed by atoms with Crippen molar-refractivity contribution in [3.63, 3.8) is 0 Å². The van der Waals surface area contributed by atoms with Gasteiger partial charge in [0, 0.05) is 37.3 Å². The lowest BCUT2D eigenvalue weighted by molar-refractivity contribution is 0.0699. The van der Waals surface area contributed by atoms with Crippen molar-refractivity contribution in [3.8, 4) is 11.6 Å².